The first kappa shape index (κ1) is 18.9. The topological polar surface area (TPSA) is 0 Å². The Hall–Kier alpha value is -2.34. The van der Waals surface area contributed by atoms with Crippen molar-refractivity contribution in [2.45, 2.75) is 44.9 Å². The number of fused-ring (bicyclic) bond motifs is 5. The van der Waals surface area contributed by atoms with Crippen molar-refractivity contribution in [3.05, 3.63) is 106 Å². The average Bonchev–Trinajstić information content (AvgIpc) is 2.90. The molecular formula is C34H34. The van der Waals surface area contributed by atoms with Crippen molar-refractivity contribution in [3.8, 4) is 0 Å². The van der Waals surface area contributed by atoms with Gasteiger partial charge < -0.3 is 0 Å². The van der Waals surface area contributed by atoms with Gasteiger partial charge in [0, 0.05) is 0 Å². The van der Waals surface area contributed by atoms with Crippen LogP contribution >= 0.6 is 0 Å². The van der Waals surface area contributed by atoms with Gasteiger partial charge in [-0.15, -0.1) is 0 Å². The summed E-state index contributed by atoms with van der Waals surface area (Å²) in [7, 11) is 0. The maximum atomic E-state index is 2.75. The predicted molar refractivity (Wildman–Crippen MR) is 139 cm³/mol. The van der Waals surface area contributed by atoms with Crippen LogP contribution in [0.3, 0.4) is 0 Å². The van der Waals surface area contributed by atoms with Gasteiger partial charge in [-0.25, -0.2) is 0 Å². The molecule has 0 aromatic carbocycles. The van der Waals surface area contributed by atoms with E-state index in [-0.39, 0.29) is 0 Å². The van der Waals surface area contributed by atoms with Crippen LogP contribution in [0.25, 0.3) is 0 Å². The Kier molecular flexibility index (Phi) is 3.70. The van der Waals surface area contributed by atoms with Gasteiger partial charge in [-0.05, 0) is 137 Å². The van der Waals surface area contributed by atoms with Gasteiger partial charge in [0.1, 0.15) is 0 Å². The second-order valence-corrected chi connectivity index (χ2v) is 12.6. The Morgan fingerprint density at radius 1 is 0.647 bits per heavy atom. The molecule has 170 valence electrons. The van der Waals surface area contributed by atoms with Gasteiger partial charge in [0.25, 0.3) is 0 Å². The molecule has 9 unspecified atom stereocenters. The first-order valence-electron chi connectivity index (χ1n) is 14.2. The molecule has 0 aromatic heterocycles. The van der Waals surface area contributed by atoms with Crippen molar-refractivity contribution >= 4 is 0 Å². The highest BCUT2D eigenvalue weighted by molar-refractivity contribution is 5.59. The lowest BCUT2D eigenvalue weighted by Gasteiger charge is -2.60. The third-order valence-corrected chi connectivity index (χ3v) is 11.5. The van der Waals surface area contributed by atoms with Crippen molar-refractivity contribution < 1.29 is 0 Å². The lowest BCUT2D eigenvalue weighted by Crippen LogP contribution is -2.53. The molecule has 0 aliphatic heterocycles. The van der Waals surface area contributed by atoms with Crippen LogP contribution in [0, 0.1) is 53.3 Å². The summed E-state index contributed by atoms with van der Waals surface area (Å²) in [5.74, 6) is 6.87. The predicted octanol–water partition coefficient (Wildman–Crippen LogP) is 7.98. The minimum atomic E-state index is 0.709. The van der Waals surface area contributed by atoms with Crippen molar-refractivity contribution in [2.24, 2.45) is 53.3 Å². The molecule has 0 spiro atoms. The molecule has 0 amide bonds. The summed E-state index contributed by atoms with van der Waals surface area (Å²) >= 11 is 0. The summed E-state index contributed by atoms with van der Waals surface area (Å²) in [6.07, 6.45) is 37.4. The van der Waals surface area contributed by atoms with E-state index < -0.39 is 0 Å². The fourth-order valence-corrected chi connectivity index (χ4v) is 10.4. The Labute approximate surface area is 204 Å². The van der Waals surface area contributed by atoms with E-state index in [0.717, 1.165) is 35.5 Å². The molecule has 34 heavy (non-hydrogen) atoms. The van der Waals surface area contributed by atoms with Gasteiger partial charge in [0.2, 0.25) is 0 Å². The summed E-state index contributed by atoms with van der Waals surface area (Å²) in [6.45, 7) is 0. The molecule has 9 aliphatic rings. The van der Waals surface area contributed by atoms with Gasteiger partial charge >= 0.3 is 0 Å². The molecule has 0 heterocycles. The van der Waals surface area contributed by atoms with Gasteiger partial charge in [0.05, 0.1) is 0 Å². The van der Waals surface area contributed by atoms with Gasteiger partial charge in [-0.1, -0.05) is 66.8 Å². The molecule has 9 aliphatic carbocycles. The fourth-order valence-electron chi connectivity index (χ4n) is 10.4. The van der Waals surface area contributed by atoms with Crippen LogP contribution in [0.5, 0.6) is 0 Å². The summed E-state index contributed by atoms with van der Waals surface area (Å²) < 4.78 is 0. The summed E-state index contributed by atoms with van der Waals surface area (Å²) in [5, 5.41) is 0. The SMILES string of the molecule is C1=CC2=C(CC1)C1=CC=C3C4=CC=C5C=C6C=CCCC6C6C=CC(C7CCC(C2)C1C37)C4C56. The summed E-state index contributed by atoms with van der Waals surface area (Å²) in [5.41, 5.74) is 11.9. The van der Waals surface area contributed by atoms with Gasteiger partial charge in [0.15, 0.2) is 0 Å². The van der Waals surface area contributed by atoms with Gasteiger partial charge in [-0.3, -0.25) is 0 Å². The first-order chi connectivity index (χ1) is 16.9. The highest BCUT2D eigenvalue weighted by Crippen LogP contribution is 2.66. The molecule has 9 atom stereocenters. The largest absolute Gasteiger partial charge is 0.0842 e. The van der Waals surface area contributed by atoms with Crippen molar-refractivity contribution in [1.29, 1.82) is 0 Å². The number of hydrogen-bond acceptors (Lipinski definition) is 0. The van der Waals surface area contributed by atoms with E-state index in [1.165, 1.54) is 44.9 Å². The highest BCUT2D eigenvalue weighted by Gasteiger charge is 2.58. The van der Waals surface area contributed by atoms with Crippen LogP contribution in [0.15, 0.2) is 106 Å². The molecule has 0 N–H and O–H groups in total. The Morgan fingerprint density at radius 3 is 2.50 bits per heavy atom. The zero-order chi connectivity index (χ0) is 22.0. The second-order valence-electron chi connectivity index (χ2n) is 12.6. The molecule has 2 saturated carbocycles. The van der Waals surface area contributed by atoms with E-state index in [2.05, 4.69) is 66.8 Å². The second kappa shape index (κ2) is 6.66. The first-order valence-corrected chi connectivity index (χ1v) is 14.2. The fraction of sp³-hybridized carbons (Fsp3) is 0.471. The summed E-state index contributed by atoms with van der Waals surface area (Å²) in [6, 6.07) is 0. The Morgan fingerprint density at radius 2 is 1.50 bits per heavy atom. The monoisotopic (exact) mass is 442 g/mol. The van der Waals surface area contributed by atoms with E-state index in [4.69, 9.17) is 0 Å². The van der Waals surface area contributed by atoms with Crippen molar-refractivity contribution in [2.75, 3.05) is 0 Å². The zero-order valence-electron chi connectivity index (χ0n) is 20.0. The lowest BCUT2D eigenvalue weighted by atomic mass is 9.43. The van der Waals surface area contributed by atoms with Crippen LogP contribution in [0.1, 0.15) is 44.9 Å². The van der Waals surface area contributed by atoms with Crippen LogP contribution in [-0.2, 0) is 0 Å². The third kappa shape index (κ3) is 2.27. The Bertz CT molecular complexity index is 1280. The maximum Gasteiger partial charge on any atom is -0.00183 e. The molecule has 2 fully saturated rings. The normalized spacial score (nSPS) is 46.1. The standard InChI is InChI=1S/C34H34/c1-3-7-23-19(5-1)17-21-9-11-27-30-16-14-26-24-8-4-2-6-20(24)18-22-10-12-28(34(30)32(22)26)29-15-13-25(23)31(21)33(27)29/h1-2,5-6,9,11,13-17,22-23,25,28-29,31-34H,3-4,7-8,10,12,18H2. The van der Waals surface area contributed by atoms with E-state index in [1.807, 2.05) is 0 Å². The van der Waals surface area contributed by atoms with Crippen LogP contribution in [0.2, 0.25) is 0 Å². The molecule has 0 aromatic rings. The molecule has 9 rings (SSSR count). The van der Waals surface area contributed by atoms with E-state index >= 15 is 0 Å². The number of rotatable bonds is 0. The molecule has 0 bridgehead atoms. The van der Waals surface area contributed by atoms with Gasteiger partial charge in [-0.2, -0.15) is 0 Å². The quantitative estimate of drug-likeness (QED) is 0.334. The van der Waals surface area contributed by atoms with Crippen LogP contribution in [0.4, 0.5) is 0 Å². The third-order valence-electron chi connectivity index (χ3n) is 11.5. The van der Waals surface area contributed by atoms with Crippen molar-refractivity contribution in [3.63, 3.8) is 0 Å². The number of hydrogen-bond donors (Lipinski definition) is 0. The molecule has 0 saturated heterocycles. The van der Waals surface area contributed by atoms with E-state index in [1.54, 1.807) is 39.0 Å². The highest BCUT2D eigenvalue weighted by atomic mass is 14.6. The number of allylic oxidation sites excluding steroid dienone is 18. The molecule has 0 heteroatoms. The molecule has 0 nitrogen and oxygen atoms in total. The van der Waals surface area contributed by atoms with E-state index in [0.29, 0.717) is 17.8 Å². The molecule has 0 radical (unpaired) electrons. The van der Waals surface area contributed by atoms with Crippen LogP contribution < -0.4 is 0 Å². The zero-order valence-corrected chi connectivity index (χ0v) is 20.0. The average molecular weight is 443 g/mol. The minimum absolute atomic E-state index is 0.709. The maximum absolute atomic E-state index is 2.75. The minimum Gasteiger partial charge on any atom is -0.0842 e. The smallest absolute Gasteiger partial charge is 0.00183 e. The summed E-state index contributed by atoms with van der Waals surface area (Å²) in [4.78, 5) is 0. The van der Waals surface area contributed by atoms with Crippen molar-refractivity contribution in [1.82, 2.24) is 0 Å². The Balaban J connectivity index is 1.23. The lowest BCUT2D eigenvalue weighted by molar-refractivity contribution is 0.0463. The van der Waals surface area contributed by atoms with Crippen LogP contribution in [-0.4, -0.2) is 0 Å². The van der Waals surface area contributed by atoms with E-state index in [9.17, 15) is 0 Å². The molecular weight excluding hydrogens is 408 g/mol.